The van der Waals surface area contributed by atoms with Crippen molar-refractivity contribution < 1.29 is 23.1 Å². The van der Waals surface area contributed by atoms with Crippen molar-refractivity contribution in [2.75, 3.05) is 32.7 Å². The first kappa shape index (κ1) is 22.4. The molecule has 1 aromatic carbocycles. The SMILES string of the molecule is Cc1ccc(S(=O)(=O)N2CCN(/C=C(/C#N)C(=O)NCCCC(=O)O)CC2)cc1. The predicted molar refractivity (Wildman–Crippen MR) is 105 cm³/mol. The number of carbonyl (C=O) groups excluding carboxylic acids is 1. The van der Waals surface area contributed by atoms with Gasteiger partial charge in [-0.3, -0.25) is 9.59 Å². The topological polar surface area (TPSA) is 131 Å². The summed E-state index contributed by atoms with van der Waals surface area (Å²) in [6.45, 7) is 3.23. The van der Waals surface area contributed by atoms with Gasteiger partial charge in [-0.25, -0.2) is 8.42 Å². The zero-order valence-electron chi connectivity index (χ0n) is 16.2. The Balaban J connectivity index is 1.93. The first-order valence-electron chi connectivity index (χ1n) is 9.17. The van der Waals surface area contributed by atoms with Crippen LogP contribution < -0.4 is 5.32 Å². The molecule has 0 bridgehead atoms. The van der Waals surface area contributed by atoms with E-state index in [2.05, 4.69) is 5.32 Å². The number of hydrogen-bond donors (Lipinski definition) is 2. The average molecular weight is 420 g/mol. The summed E-state index contributed by atoms with van der Waals surface area (Å²) in [7, 11) is -3.58. The Kier molecular flexibility index (Phi) is 7.75. The van der Waals surface area contributed by atoms with Crippen LogP contribution in [0, 0.1) is 18.3 Å². The Bertz CT molecular complexity index is 911. The molecule has 9 nitrogen and oxygen atoms in total. The molecule has 10 heteroatoms. The van der Waals surface area contributed by atoms with Gasteiger partial charge in [0, 0.05) is 45.3 Å². The summed E-state index contributed by atoms with van der Waals surface area (Å²) in [4.78, 5) is 24.5. The van der Waals surface area contributed by atoms with Gasteiger partial charge in [-0.15, -0.1) is 0 Å². The fourth-order valence-electron chi connectivity index (χ4n) is 2.79. The highest BCUT2D eigenvalue weighted by Crippen LogP contribution is 2.18. The van der Waals surface area contributed by atoms with Gasteiger partial charge in [0.05, 0.1) is 4.90 Å². The summed E-state index contributed by atoms with van der Waals surface area (Å²) in [5.74, 6) is -1.53. The maximum Gasteiger partial charge on any atom is 0.303 e. The van der Waals surface area contributed by atoms with Crippen LogP contribution in [0.5, 0.6) is 0 Å². The average Bonchev–Trinajstić information content (AvgIpc) is 2.69. The lowest BCUT2D eigenvalue weighted by Crippen LogP contribution is -2.47. The summed E-state index contributed by atoms with van der Waals surface area (Å²) in [5, 5.41) is 20.3. The van der Waals surface area contributed by atoms with Crippen LogP contribution in [0.3, 0.4) is 0 Å². The third-order valence-corrected chi connectivity index (χ3v) is 6.37. The van der Waals surface area contributed by atoms with Crippen molar-refractivity contribution in [1.82, 2.24) is 14.5 Å². The van der Waals surface area contributed by atoms with E-state index in [4.69, 9.17) is 5.11 Å². The van der Waals surface area contributed by atoms with Gasteiger partial charge in [-0.05, 0) is 25.5 Å². The van der Waals surface area contributed by atoms with Crippen molar-refractivity contribution in [3.8, 4) is 6.07 Å². The Labute approximate surface area is 170 Å². The molecule has 0 unspecified atom stereocenters. The molecule has 1 saturated heterocycles. The van der Waals surface area contributed by atoms with Crippen LogP contribution in [-0.4, -0.2) is 67.3 Å². The van der Waals surface area contributed by atoms with Crippen LogP contribution >= 0.6 is 0 Å². The van der Waals surface area contributed by atoms with Gasteiger partial charge in [-0.2, -0.15) is 9.57 Å². The molecule has 0 aliphatic carbocycles. The second-order valence-electron chi connectivity index (χ2n) is 6.66. The van der Waals surface area contributed by atoms with E-state index in [1.54, 1.807) is 29.2 Å². The van der Waals surface area contributed by atoms with Gasteiger partial charge in [0.2, 0.25) is 10.0 Å². The molecule has 1 aliphatic heterocycles. The second kappa shape index (κ2) is 10.0. The maximum absolute atomic E-state index is 12.7. The van der Waals surface area contributed by atoms with E-state index < -0.39 is 21.9 Å². The van der Waals surface area contributed by atoms with Gasteiger partial charge in [-0.1, -0.05) is 17.7 Å². The molecule has 29 heavy (non-hydrogen) atoms. The number of aryl methyl sites for hydroxylation is 1. The monoisotopic (exact) mass is 420 g/mol. The number of hydrogen-bond acceptors (Lipinski definition) is 6. The lowest BCUT2D eigenvalue weighted by atomic mass is 10.2. The lowest BCUT2D eigenvalue weighted by molar-refractivity contribution is -0.137. The summed E-state index contributed by atoms with van der Waals surface area (Å²) in [6.07, 6.45) is 1.63. The number of carbonyl (C=O) groups is 2. The Morgan fingerprint density at radius 1 is 1.21 bits per heavy atom. The molecule has 1 heterocycles. The number of rotatable bonds is 8. The van der Waals surface area contributed by atoms with Crippen LogP contribution in [-0.2, 0) is 19.6 Å². The number of aliphatic carboxylic acids is 1. The van der Waals surface area contributed by atoms with Crippen molar-refractivity contribution >= 4 is 21.9 Å². The largest absolute Gasteiger partial charge is 0.481 e. The molecule has 1 aromatic rings. The van der Waals surface area contributed by atoms with E-state index in [1.807, 2.05) is 13.0 Å². The Morgan fingerprint density at radius 2 is 1.83 bits per heavy atom. The number of nitrogens with one attached hydrogen (secondary N) is 1. The van der Waals surface area contributed by atoms with E-state index in [0.29, 0.717) is 13.1 Å². The molecule has 0 aromatic heterocycles. The van der Waals surface area contributed by atoms with E-state index in [-0.39, 0.29) is 42.9 Å². The molecule has 1 amide bonds. The molecule has 2 N–H and O–H groups in total. The fraction of sp³-hybridized carbons (Fsp3) is 0.421. The van der Waals surface area contributed by atoms with E-state index in [1.165, 1.54) is 10.5 Å². The Hall–Kier alpha value is -2.90. The number of sulfonamides is 1. The first-order valence-corrected chi connectivity index (χ1v) is 10.6. The number of nitrogens with zero attached hydrogens (tertiary/aromatic N) is 3. The normalized spacial score (nSPS) is 15.6. The van der Waals surface area contributed by atoms with Gasteiger partial charge in [0.25, 0.3) is 5.91 Å². The molecule has 0 saturated carbocycles. The zero-order chi connectivity index (χ0) is 21.4. The number of amides is 1. The molecule has 1 fully saturated rings. The molecule has 2 rings (SSSR count). The molecular formula is C19H24N4O5S. The standard InChI is InChI=1S/C19H24N4O5S/c1-15-4-6-17(7-5-15)29(27,28)23-11-9-22(10-12-23)14-16(13-20)19(26)21-8-2-3-18(24)25/h4-7,14H,2-3,8-12H2,1H3,(H,21,26)(H,24,25)/b16-14-. The third kappa shape index (κ3) is 6.30. The lowest BCUT2D eigenvalue weighted by Gasteiger charge is -2.33. The van der Waals surface area contributed by atoms with Crippen LogP contribution in [0.15, 0.2) is 40.9 Å². The van der Waals surface area contributed by atoms with E-state index in [9.17, 15) is 23.3 Å². The minimum absolute atomic E-state index is 0.0662. The van der Waals surface area contributed by atoms with Crippen LogP contribution in [0.25, 0.3) is 0 Å². The summed E-state index contributed by atoms with van der Waals surface area (Å²) < 4.78 is 26.8. The van der Waals surface area contributed by atoms with Crippen LogP contribution in [0.2, 0.25) is 0 Å². The van der Waals surface area contributed by atoms with Gasteiger partial charge >= 0.3 is 5.97 Å². The number of benzene rings is 1. The van der Waals surface area contributed by atoms with Crippen molar-refractivity contribution in [2.24, 2.45) is 0 Å². The van der Waals surface area contributed by atoms with E-state index in [0.717, 1.165) is 5.56 Å². The number of carboxylic acid groups (broad SMARTS) is 1. The Morgan fingerprint density at radius 3 is 2.38 bits per heavy atom. The molecule has 1 aliphatic rings. The van der Waals surface area contributed by atoms with Gasteiger partial charge in [0.15, 0.2) is 0 Å². The third-order valence-electron chi connectivity index (χ3n) is 4.46. The summed E-state index contributed by atoms with van der Waals surface area (Å²) in [6, 6.07) is 8.50. The zero-order valence-corrected chi connectivity index (χ0v) is 17.0. The maximum atomic E-state index is 12.7. The van der Waals surface area contributed by atoms with Crippen molar-refractivity contribution in [3.05, 3.63) is 41.6 Å². The first-order chi connectivity index (χ1) is 13.7. The number of piperazine rings is 1. The summed E-state index contributed by atoms with van der Waals surface area (Å²) >= 11 is 0. The van der Waals surface area contributed by atoms with Crippen LogP contribution in [0.4, 0.5) is 0 Å². The highest BCUT2D eigenvalue weighted by molar-refractivity contribution is 7.89. The van der Waals surface area contributed by atoms with Crippen molar-refractivity contribution in [3.63, 3.8) is 0 Å². The molecule has 0 radical (unpaired) electrons. The smallest absolute Gasteiger partial charge is 0.303 e. The predicted octanol–water partition coefficient (Wildman–Crippen LogP) is 0.690. The highest BCUT2D eigenvalue weighted by atomic mass is 32.2. The highest BCUT2D eigenvalue weighted by Gasteiger charge is 2.28. The minimum atomic E-state index is -3.58. The number of carboxylic acids is 1. The molecule has 0 atom stereocenters. The second-order valence-corrected chi connectivity index (χ2v) is 8.60. The fourth-order valence-corrected chi connectivity index (χ4v) is 4.21. The van der Waals surface area contributed by atoms with Crippen LogP contribution in [0.1, 0.15) is 18.4 Å². The van der Waals surface area contributed by atoms with Gasteiger partial charge in [0.1, 0.15) is 11.6 Å². The quantitative estimate of drug-likeness (QED) is 0.359. The van der Waals surface area contributed by atoms with E-state index >= 15 is 0 Å². The molecular weight excluding hydrogens is 396 g/mol. The molecule has 0 spiro atoms. The summed E-state index contributed by atoms with van der Waals surface area (Å²) in [5.41, 5.74) is 0.874. The minimum Gasteiger partial charge on any atom is -0.481 e. The van der Waals surface area contributed by atoms with Crippen molar-refractivity contribution in [1.29, 1.82) is 5.26 Å². The van der Waals surface area contributed by atoms with Gasteiger partial charge < -0.3 is 15.3 Å². The van der Waals surface area contributed by atoms with Crippen molar-refractivity contribution in [2.45, 2.75) is 24.7 Å². The molecule has 156 valence electrons. The number of nitriles is 1.